The largest absolute Gasteiger partial charge is 0.370 e. The molecule has 1 heterocycles. The summed E-state index contributed by atoms with van der Waals surface area (Å²) >= 11 is 0. The van der Waals surface area contributed by atoms with E-state index in [1.165, 1.54) is 54.2 Å². The lowest BCUT2D eigenvalue weighted by atomic mass is 10.1. The Labute approximate surface area is 177 Å². The molecule has 30 heavy (non-hydrogen) atoms. The van der Waals surface area contributed by atoms with Gasteiger partial charge in [-0.1, -0.05) is 0 Å². The van der Waals surface area contributed by atoms with Crippen molar-refractivity contribution in [2.75, 3.05) is 30.4 Å². The fourth-order valence-electron chi connectivity index (χ4n) is 3.44. The van der Waals surface area contributed by atoms with Crippen LogP contribution in [0, 0.1) is 5.82 Å². The highest BCUT2D eigenvalue weighted by molar-refractivity contribution is 7.89. The average molecular weight is 434 g/mol. The van der Waals surface area contributed by atoms with E-state index in [2.05, 4.69) is 10.2 Å². The first-order valence-electron chi connectivity index (χ1n) is 10.1. The maximum Gasteiger partial charge on any atom is 0.255 e. The molecule has 1 amide bonds. The monoisotopic (exact) mass is 433 g/mol. The van der Waals surface area contributed by atoms with Crippen LogP contribution in [0.4, 0.5) is 15.8 Å². The van der Waals surface area contributed by atoms with Crippen molar-refractivity contribution in [1.82, 2.24) is 4.31 Å². The number of benzene rings is 2. The third-order valence-corrected chi connectivity index (χ3v) is 7.47. The topological polar surface area (TPSA) is 69.7 Å². The van der Waals surface area contributed by atoms with Crippen LogP contribution in [0.1, 0.15) is 43.5 Å². The Morgan fingerprint density at radius 1 is 1.07 bits per heavy atom. The van der Waals surface area contributed by atoms with Gasteiger partial charge in [-0.05, 0) is 75.6 Å². The van der Waals surface area contributed by atoms with Gasteiger partial charge < -0.3 is 10.2 Å². The Balaban J connectivity index is 1.81. The summed E-state index contributed by atoms with van der Waals surface area (Å²) in [6.45, 7) is 5.31. The smallest absolute Gasteiger partial charge is 0.255 e. The molecule has 0 aliphatic carbocycles. The molecule has 0 aromatic heterocycles. The molecule has 1 N–H and O–H groups in total. The molecule has 1 aliphatic rings. The van der Waals surface area contributed by atoms with Crippen LogP contribution in [0.25, 0.3) is 0 Å². The molecule has 162 valence electrons. The van der Waals surface area contributed by atoms with E-state index < -0.39 is 21.7 Å². The molecule has 0 atom stereocenters. The van der Waals surface area contributed by atoms with E-state index in [1.54, 1.807) is 19.9 Å². The number of rotatable bonds is 6. The summed E-state index contributed by atoms with van der Waals surface area (Å²) in [5.41, 5.74) is 1.51. The maximum atomic E-state index is 13.9. The lowest BCUT2D eigenvalue weighted by Crippen LogP contribution is -2.33. The van der Waals surface area contributed by atoms with E-state index in [4.69, 9.17) is 0 Å². The Morgan fingerprint density at radius 2 is 1.70 bits per heavy atom. The highest BCUT2D eigenvalue weighted by Crippen LogP contribution is 2.30. The number of nitrogens with one attached hydrogen (secondary N) is 1. The van der Waals surface area contributed by atoms with Gasteiger partial charge in [-0.15, -0.1) is 0 Å². The molecule has 1 aliphatic heterocycles. The number of amides is 1. The zero-order chi connectivity index (χ0) is 21.9. The minimum absolute atomic E-state index is 0.120. The third kappa shape index (κ3) is 4.82. The number of hydrogen-bond acceptors (Lipinski definition) is 4. The molecule has 0 bridgehead atoms. The minimum atomic E-state index is -3.62. The standard InChI is InChI=1S/C22H28FN3O3S/c1-16(2)25(3)30(28,29)19-10-7-17(8-11-19)22(27)24-20-15-18(23)9-12-21(20)26-13-5-4-6-14-26/h7-12,15-16H,4-6,13-14H2,1-3H3,(H,24,27). The van der Waals surface area contributed by atoms with Crippen molar-refractivity contribution in [3.63, 3.8) is 0 Å². The third-order valence-electron chi connectivity index (χ3n) is 5.42. The van der Waals surface area contributed by atoms with E-state index in [1.807, 2.05) is 0 Å². The van der Waals surface area contributed by atoms with Gasteiger partial charge in [-0.2, -0.15) is 4.31 Å². The van der Waals surface area contributed by atoms with E-state index in [9.17, 15) is 17.6 Å². The summed E-state index contributed by atoms with van der Waals surface area (Å²) in [4.78, 5) is 15.0. The molecule has 0 unspecified atom stereocenters. The Bertz CT molecular complexity index is 1000. The fraction of sp³-hybridized carbons (Fsp3) is 0.409. The summed E-state index contributed by atoms with van der Waals surface area (Å²) in [5.74, 6) is -0.843. The lowest BCUT2D eigenvalue weighted by Gasteiger charge is -2.30. The Hall–Kier alpha value is -2.45. The van der Waals surface area contributed by atoms with Crippen molar-refractivity contribution in [2.45, 2.75) is 44.0 Å². The van der Waals surface area contributed by atoms with Crippen LogP contribution >= 0.6 is 0 Å². The van der Waals surface area contributed by atoms with Crippen molar-refractivity contribution in [1.29, 1.82) is 0 Å². The van der Waals surface area contributed by atoms with Crippen LogP contribution in [-0.4, -0.2) is 44.8 Å². The number of halogens is 1. The van der Waals surface area contributed by atoms with E-state index in [0.29, 0.717) is 11.3 Å². The molecule has 8 heteroatoms. The van der Waals surface area contributed by atoms with E-state index in [-0.39, 0.29) is 10.9 Å². The molecule has 6 nitrogen and oxygen atoms in total. The first kappa shape index (κ1) is 22.2. The quantitative estimate of drug-likeness (QED) is 0.745. The fourth-order valence-corrected chi connectivity index (χ4v) is 4.80. The molecule has 2 aromatic carbocycles. The highest BCUT2D eigenvalue weighted by atomic mass is 32.2. The molecule has 1 fully saturated rings. The van der Waals surface area contributed by atoms with Gasteiger partial charge in [-0.25, -0.2) is 12.8 Å². The van der Waals surface area contributed by atoms with Gasteiger partial charge in [0.2, 0.25) is 10.0 Å². The van der Waals surface area contributed by atoms with Gasteiger partial charge in [0, 0.05) is 31.7 Å². The molecule has 3 rings (SSSR count). The van der Waals surface area contributed by atoms with Crippen molar-refractivity contribution in [3.05, 3.63) is 53.8 Å². The van der Waals surface area contributed by atoms with Gasteiger partial charge in [0.25, 0.3) is 5.91 Å². The van der Waals surface area contributed by atoms with Gasteiger partial charge in [-0.3, -0.25) is 4.79 Å². The summed E-state index contributed by atoms with van der Waals surface area (Å²) in [6, 6.07) is 9.99. The van der Waals surface area contributed by atoms with Crippen LogP contribution in [0.15, 0.2) is 47.4 Å². The summed E-state index contributed by atoms with van der Waals surface area (Å²) in [7, 11) is -2.10. The van der Waals surface area contributed by atoms with Crippen LogP contribution in [0.3, 0.4) is 0 Å². The van der Waals surface area contributed by atoms with Crippen molar-refractivity contribution >= 4 is 27.3 Å². The zero-order valence-corrected chi connectivity index (χ0v) is 18.4. The predicted molar refractivity (Wildman–Crippen MR) is 117 cm³/mol. The Morgan fingerprint density at radius 3 is 2.30 bits per heavy atom. The Kier molecular flexibility index (Phi) is 6.77. The molecule has 0 radical (unpaired) electrons. The van der Waals surface area contributed by atoms with Gasteiger partial charge in [0.15, 0.2) is 0 Å². The normalized spacial score (nSPS) is 14.9. The van der Waals surface area contributed by atoms with Crippen LogP contribution in [-0.2, 0) is 10.0 Å². The van der Waals surface area contributed by atoms with Crippen molar-refractivity contribution in [3.8, 4) is 0 Å². The van der Waals surface area contributed by atoms with E-state index in [0.717, 1.165) is 31.6 Å². The molecular weight excluding hydrogens is 405 g/mol. The number of sulfonamides is 1. The SMILES string of the molecule is CC(C)N(C)S(=O)(=O)c1ccc(C(=O)Nc2cc(F)ccc2N2CCCCC2)cc1. The van der Waals surface area contributed by atoms with E-state index >= 15 is 0 Å². The number of anilines is 2. The van der Waals surface area contributed by atoms with Crippen LogP contribution in [0.2, 0.25) is 0 Å². The summed E-state index contributed by atoms with van der Waals surface area (Å²) < 4.78 is 40.3. The first-order valence-corrected chi connectivity index (χ1v) is 11.6. The van der Waals surface area contributed by atoms with Gasteiger partial charge in [0.05, 0.1) is 16.3 Å². The average Bonchev–Trinajstić information content (AvgIpc) is 2.74. The number of carbonyl (C=O) groups is 1. The molecule has 2 aromatic rings. The molecule has 0 saturated carbocycles. The minimum Gasteiger partial charge on any atom is -0.370 e. The highest BCUT2D eigenvalue weighted by Gasteiger charge is 2.23. The second kappa shape index (κ2) is 9.14. The lowest BCUT2D eigenvalue weighted by molar-refractivity contribution is 0.102. The maximum absolute atomic E-state index is 13.9. The zero-order valence-electron chi connectivity index (χ0n) is 17.6. The molecule has 0 spiro atoms. The second-order valence-electron chi connectivity index (χ2n) is 7.80. The second-order valence-corrected chi connectivity index (χ2v) is 9.80. The number of piperidine rings is 1. The summed E-state index contributed by atoms with van der Waals surface area (Å²) in [5, 5.41) is 2.78. The predicted octanol–water partition coefficient (Wildman–Crippen LogP) is 4.10. The van der Waals surface area contributed by atoms with Gasteiger partial charge in [0.1, 0.15) is 5.82 Å². The summed E-state index contributed by atoms with van der Waals surface area (Å²) in [6.07, 6.45) is 3.29. The van der Waals surface area contributed by atoms with Crippen molar-refractivity contribution in [2.24, 2.45) is 0 Å². The number of carbonyl (C=O) groups excluding carboxylic acids is 1. The van der Waals surface area contributed by atoms with Gasteiger partial charge >= 0.3 is 0 Å². The number of hydrogen-bond donors (Lipinski definition) is 1. The first-order chi connectivity index (χ1) is 14.2. The van der Waals surface area contributed by atoms with Crippen LogP contribution in [0.5, 0.6) is 0 Å². The van der Waals surface area contributed by atoms with Crippen molar-refractivity contribution < 1.29 is 17.6 Å². The molecular formula is C22H28FN3O3S. The number of nitrogens with zero attached hydrogens (tertiary/aromatic N) is 2. The molecule has 1 saturated heterocycles. The van der Waals surface area contributed by atoms with Crippen LogP contribution < -0.4 is 10.2 Å².